The van der Waals surface area contributed by atoms with Crippen LogP contribution in [0.3, 0.4) is 0 Å². The van der Waals surface area contributed by atoms with Crippen molar-refractivity contribution in [2.24, 2.45) is 10.8 Å². The van der Waals surface area contributed by atoms with Gasteiger partial charge in [-0.15, -0.1) is 0 Å². The van der Waals surface area contributed by atoms with Crippen LogP contribution < -0.4 is 5.56 Å². The fourth-order valence-electron chi connectivity index (χ4n) is 3.89. The average molecular weight is 279 g/mol. The minimum atomic E-state index is -1.01. The summed E-state index contributed by atoms with van der Waals surface area (Å²) >= 11 is 0. The lowest BCUT2D eigenvalue weighted by Crippen LogP contribution is -2.73. The average Bonchev–Trinajstić information content (AvgIpc) is 2.41. The molecule has 2 fully saturated rings. The van der Waals surface area contributed by atoms with Crippen molar-refractivity contribution in [2.75, 3.05) is 6.61 Å². The third-order valence-electron chi connectivity index (χ3n) is 4.55. The number of hydrogen-bond donors (Lipinski definition) is 1. The van der Waals surface area contributed by atoms with Crippen LogP contribution in [0.5, 0.6) is 0 Å². The first-order valence-corrected chi connectivity index (χ1v) is 6.86. The molecule has 0 saturated carbocycles. The molecule has 2 aliphatic heterocycles. The molecule has 0 bridgehead atoms. The lowest BCUT2D eigenvalue weighted by molar-refractivity contribution is -0.626. The van der Waals surface area contributed by atoms with Gasteiger partial charge in [-0.3, -0.25) is 4.79 Å². The van der Waals surface area contributed by atoms with Gasteiger partial charge in [0.05, 0.1) is 6.61 Å². The molecule has 20 heavy (non-hydrogen) atoms. The number of fused-ring (bicyclic) bond motifs is 1. The molecule has 5 heteroatoms. The maximum atomic E-state index is 11.6. The zero-order chi connectivity index (χ0) is 14.8. The summed E-state index contributed by atoms with van der Waals surface area (Å²) in [4.78, 5) is 25.4. The number of nitrogens with one attached hydrogen (secondary N) is 1. The molecule has 0 aromatic carbocycles. The number of rotatable bonds is 1. The number of hydrogen-bond acceptors (Lipinski definition) is 4. The van der Waals surface area contributed by atoms with Crippen LogP contribution in [0.25, 0.3) is 0 Å². The number of aromatic amines is 1. The van der Waals surface area contributed by atoms with Crippen LogP contribution in [0.15, 0.2) is 23.1 Å². The molecule has 2 aliphatic rings. The second kappa shape index (κ2) is 3.72. The van der Waals surface area contributed by atoms with E-state index in [0.717, 1.165) is 0 Å². The molecule has 1 aromatic rings. The number of aromatic nitrogens is 1. The van der Waals surface area contributed by atoms with Crippen LogP contribution in [-0.4, -0.2) is 17.2 Å². The zero-order valence-electron chi connectivity index (χ0n) is 12.6. The lowest BCUT2D eigenvalue weighted by Gasteiger charge is -2.61. The van der Waals surface area contributed by atoms with Gasteiger partial charge in [-0.25, -0.2) is 4.89 Å². The molecule has 1 aromatic heterocycles. The largest absolute Gasteiger partial charge is 0.341 e. The van der Waals surface area contributed by atoms with E-state index in [4.69, 9.17) is 14.5 Å². The second-order valence-corrected chi connectivity index (χ2v) is 7.33. The Balaban J connectivity index is 2.22. The molecule has 2 saturated heterocycles. The summed E-state index contributed by atoms with van der Waals surface area (Å²) < 4.78 is 6.03. The zero-order valence-corrected chi connectivity index (χ0v) is 12.6. The predicted molar refractivity (Wildman–Crippen MR) is 72.8 cm³/mol. The Morgan fingerprint density at radius 2 is 1.95 bits per heavy atom. The van der Waals surface area contributed by atoms with E-state index < -0.39 is 11.4 Å². The van der Waals surface area contributed by atoms with E-state index in [2.05, 4.69) is 39.6 Å². The molecule has 0 spiro atoms. The quantitative estimate of drug-likeness (QED) is 0.801. The highest BCUT2D eigenvalue weighted by Crippen LogP contribution is 2.68. The van der Waals surface area contributed by atoms with Gasteiger partial charge in [0.1, 0.15) is 0 Å². The Hall–Kier alpha value is -1.17. The highest BCUT2D eigenvalue weighted by molar-refractivity contribution is 5.30. The molecule has 2 unspecified atom stereocenters. The fraction of sp³-hybridized carbons (Fsp3) is 0.667. The van der Waals surface area contributed by atoms with Gasteiger partial charge in [0.2, 0.25) is 5.56 Å². The van der Waals surface area contributed by atoms with Crippen molar-refractivity contribution in [3.05, 3.63) is 34.2 Å². The van der Waals surface area contributed by atoms with E-state index in [1.165, 1.54) is 6.07 Å². The summed E-state index contributed by atoms with van der Waals surface area (Å²) in [6, 6.07) is 3.33. The number of H-pyrrole nitrogens is 1. The fourth-order valence-corrected chi connectivity index (χ4v) is 3.89. The molecule has 2 atom stereocenters. The van der Waals surface area contributed by atoms with E-state index in [9.17, 15) is 4.79 Å². The first kappa shape index (κ1) is 13.8. The first-order valence-electron chi connectivity index (χ1n) is 6.86. The maximum absolute atomic E-state index is 11.6. The Labute approximate surface area is 118 Å². The molecule has 1 N–H and O–H groups in total. The molecule has 110 valence electrons. The summed E-state index contributed by atoms with van der Waals surface area (Å²) in [6.45, 7) is 11.0. The van der Waals surface area contributed by atoms with Crippen LogP contribution in [0.2, 0.25) is 0 Å². The van der Waals surface area contributed by atoms with Crippen molar-refractivity contribution in [3.63, 3.8) is 0 Å². The summed E-state index contributed by atoms with van der Waals surface area (Å²) in [5.41, 5.74) is -0.558. The van der Waals surface area contributed by atoms with Crippen LogP contribution in [0.1, 0.15) is 40.2 Å². The predicted octanol–water partition coefficient (Wildman–Crippen LogP) is 2.33. The van der Waals surface area contributed by atoms with Gasteiger partial charge in [-0.2, -0.15) is 4.89 Å². The number of pyridine rings is 1. The highest BCUT2D eigenvalue weighted by atomic mass is 17.3. The molecule has 3 rings (SSSR count). The van der Waals surface area contributed by atoms with E-state index in [1.807, 2.05) is 6.07 Å². The minimum absolute atomic E-state index is 0.177. The van der Waals surface area contributed by atoms with Gasteiger partial charge in [-0.1, -0.05) is 34.6 Å². The standard InChI is InChI=1S/C15H21NO4/c1-12(2,3)15-13(4,5)9-18-14(15,19-20-15)10-6-7-16-11(17)8-10/h6-8H,9H2,1-5H3,(H,16,17). The van der Waals surface area contributed by atoms with Gasteiger partial charge >= 0.3 is 0 Å². The van der Waals surface area contributed by atoms with Crippen LogP contribution >= 0.6 is 0 Å². The number of ether oxygens (including phenoxy) is 1. The van der Waals surface area contributed by atoms with E-state index in [1.54, 1.807) is 6.20 Å². The van der Waals surface area contributed by atoms with Crippen LogP contribution in [0, 0.1) is 10.8 Å². The molecular formula is C15H21NO4. The first-order chi connectivity index (χ1) is 9.16. The summed E-state index contributed by atoms with van der Waals surface area (Å²) in [5.74, 6) is -1.01. The van der Waals surface area contributed by atoms with Gasteiger partial charge < -0.3 is 9.72 Å². The van der Waals surface area contributed by atoms with Crippen molar-refractivity contribution in [1.82, 2.24) is 4.98 Å². The Kier molecular flexibility index (Phi) is 2.57. The van der Waals surface area contributed by atoms with Crippen LogP contribution in [0.4, 0.5) is 0 Å². The Morgan fingerprint density at radius 3 is 2.45 bits per heavy atom. The van der Waals surface area contributed by atoms with Crippen molar-refractivity contribution >= 4 is 0 Å². The third-order valence-corrected chi connectivity index (χ3v) is 4.55. The van der Waals surface area contributed by atoms with Crippen LogP contribution in [-0.2, 0) is 20.3 Å². The molecule has 0 amide bonds. The molecule has 0 radical (unpaired) electrons. The van der Waals surface area contributed by atoms with Crippen molar-refractivity contribution < 1.29 is 14.5 Å². The normalized spacial score (nSPS) is 35.5. The SMILES string of the molecule is CC(C)(C)C12OOC1(c1cc[nH]c(=O)c1)OCC2(C)C. The molecule has 3 heterocycles. The Bertz CT molecular complexity index is 600. The van der Waals surface area contributed by atoms with Gasteiger partial charge in [-0.05, 0) is 6.07 Å². The van der Waals surface area contributed by atoms with E-state index in [0.29, 0.717) is 12.2 Å². The van der Waals surface area contributed by atoms with Crippen molar-refractivity contribution in [1.29, 1.82) is 0 Å². The highest BCUT2D eigenvalue weighted by Gasteiger charge is 2.81. The lowest BCUT2D eigenvalue weighted by atomic mass is 9.58. The molecule has 0 aliphatic carbocycles. The molecular weight excluding hydrogens is 258 g/mol. The van der Waals surface area contributed by atoms with E-state index in [-0.39, 0.29) is 16.4 Å². The van der Waals surface area contributed by atoms with Crippen molar-refractivity contribution in [2.45, 2.75) is 46.0 Å². The van der Waals surface area contributed by atoms with Gasteiger partial charge in [0.25, 0.3) is 5.79 Å². The van der Waals surface area contributed by atoms with Crippen molar-refractivity contribution in [3.8, 4) is 0 Å². The summed E-state index contributed by atoms with van der Waals surface area (Å²) in [7, 11) is 0. The topological polar surface area (TPSA) is 60.5 Å². The Morgan fingerprint density at radius 1 is 1.25 bits per heavy atom. The summed E-state index contributed by atoms with van der Waals surface area (Å²) in [5, 5.41) is 0. The monoisotopic (exact) mass is 279 g/mol. The minimum Gasteiger partial charge on any atom is -0.341 e. The second-order valence-electron chi connectivity index (χ2n) is 7.33. The van der Waals surface area contributed by atoms with E-state index >= 15 is 0 Å². The smallest absolute Gasteiger partial charge is 0.261 e. The summed E-state index contributed by atoms with van der Waals surface area (Å²) in [6.07, 6.45) is 1.61. The van der Waals surface area contributed by atoms with Gasteiger partial charge in [0, 0.05) is 28.7 Å². The maximum Gasteiger partial charge on any atom is 0.261 e. The van der Waals surface area contributed by atoms with Gasteiger partial charge in [0.15, 0.2) is 5.60 Å². The molecule has 5 nitrogen and oxygen atoms in total. The third kappa shape index (κ3) is 1.35.